The van der Waals surface area contributed by atoms with Crippen molar-refractivity contribution in [3.63, 3.8) is 0 Å². The molecule has 120 valence electrons. The first-order chi connectivity index (χ1) is 9.55. The zero-order chi connectivity index (χ0) is 16.3. The Kier molecular flexibility index (Phi) is 5.99. The Morgan fingerprint density at radius 2 is 1.86 bits per heavy atom. The average Bonchev–Trinajstić information content (AvgIpc) is 2.36. The minimum Gasteiger partial charge on any atom is -0.313 e. The highest BCUT2D eigenvalue weighted by Gasteiger charge is 2.31. The molecule has 2 atom stereocenters. The maximum absolute atomic E-state index is 12.7. The van der Waals surface area contributed by atoms with Crippen LogP contribution in [0.25, 0.3) is 0 Å². The van der Waals surface area contributed by atoms with Gasteiger partial charge in [0.15, 0.2) is 0 Å². The molecule has 1 N–H and O–H groups in total. The van der Waals surface area contributed by atoms with Crippen molar-refractivity contribution in [1.82, 2.24) is 5.32 Å². The van der Waals surface area contributed by atoms with Gasteiger partial charge >= 0.3 is 6.18 Å². The van der Waals surface area contributed by atoms with E-state index in [1.54, 1.807) is 0 Å². The highest BCUT2D eigenvalue weighted by Crippen LogP contribution is 2.30. The molecule has 0 aliphatic carbocycles. The minimum absolute atomic E-state index is 0.0297. The molecular weight excluding hydrogens is 299 g/mol. The van der Waals surface area contributed by atoms with Crippen LogP contribution in [0.3, 0.4) is 0 Å². The van der Waals surface area contributed by atoms with E-state index in [0.717, 1.165) is 18.7 Å². The first-order valence-electron chi connectivity index (χ1n) is 6.84. The van der Waals surface area contributed by atoms with E-state index in [9.17, 15) is 17.4 Å². The fraction of sp³-hybridized carbons (Fsp3) is 0.600. The molecule has 0 heterocycles. The summed E-state index contributed by atoms with van der Waals surface area (Å²) in [7, 11) is -1.47. The molecule has 1 aromatic rings. The van der Waals surface area contributed by atoms with Crippen molar-refractivity contribution >= 4 is 10.8 Å². The van der Waals surface area contributed by atoms with Crippen molar-refractivity contribution in [3.05, 3.63) is 29.8 Å². The van der Waals surface area contributed by atoms with Crippen LogP contribution in [-0.4, -0.2) is 22.5 Å². The largest absolute Gasteiger partial charge is 0.416 e. The van der Waals surface area contributed by atoms with Crippen LogP contribution in [0.2, 0.25) is 0 Å². The molecule has 21 heavy (non-hydrogen) atoms. The molecule has 2 unspecified atom stereocenters. The Hall–Kier alpha value is -0.880. The van der Waals surface area contributed by atoms with Gasteiger partial charge in [0.25, 0.3) is 0 Å². The summed E-state index contributed by atoms with van der Waals surface area (Å²) < 4.78 is 50.4. The van der Waals surface area contributed by atoms with Crippen molar-refractivity contribution in [2.45, 2.75) is 44.8 Å². The van der Waals surface area contributed by atoms with E-state index in [0.29, 0.717) is 5.75 Å². The second-order valence-electron chi connectivity index (χ2n) is 6.01. The van der Waals surface area contributed by atoms with Gasteiger partial charge in [-0.15, -0.1) is 0 Å². The van der Waals surface area contributed by atoms with Crippen molar-refractivity contribution in [3.8, 4) is 0 Å². The molecule has 1 rings (SSSR count). The van der Waals surface area contributed by atoms with Crippen LogP contribution in [0.5, 0.6) is 0 Å². The van der Waals surface area contributed by atoms with Gasteiger partial charge in [0, 0.05) is 16.7 Å². The van der Waals surface area contributed by atoms with E-state index >= 15 is 0 Å². The third kappa shape index (κ3) is 5.43. The number of nitrogens with one attached hydrogen (secondary N) is 1. The fourth-order valence-electron chi connectivity index (χ4n) is 1.92. The molecule has 2 nitrogen and oxygen atoms in total. The lowest BCUT2D eigenvalue weighted by atomic mass is 9.88. The van der Waals surface area contributed by atoms with E-state index in [1.165, 1.54) is 12.1 Å². The topological polar surface area (TPSA) is 29.1 Å². The number of halogens is 3. The molecular formula is C15H22F3NOS. The Morgan fingerprint density at radius 1 is 1.24 bits per heavy atom. The van der Waals surface area contributed by atoms with Crippen LogP contribution in [0, 0.1) is 5.41 Å². The van der Waals surface area contributed by atoms with Crippen molar-refractivity contribution in [1.29, 1.82) is 0 Å². The summed E-state index contributed by atoms with van der Waals surface area (Å²) in [5.41, 5.74) is -0.878. The molecule has 0 bridgehead atoms. The summed E-state index contributed by atoms with van der Waals surface area (Å²) in [4.78, 5) is 0.219. The predicted molar refractivity (Wildman–Crippen MR) is 79.6 cm³/mol. The summed E-state index contributed by atoms with van der Waals surface area (Å²) in [6, 6.07) is 4.72. The summed E-state index contributed by atoms with van der Waals surface area (Å²) in [5.74, 6) is 0.290. The van der Waals surface area contributed by atoms with Gasteiger partial charge in [0.1, 0.15) is 0 Å². The molecule has 0 radical (unpaired) electrons. The molecule has 0 saturated carbocycles. The lowest BCUT2D eigenvalue weighted by Gasteiger charge is -2.31. The molecule has 0 amide bonds. The van der Waals surface area contributed by atoms with Gasteiger partial charge in [-0.2, -0.15) is 13.2 Å². The zero-order valence-electron chi connectivity index (χ0n) is 12.8. The Balaban J connectivity index is 2.93. The lowest BCUT2D eigenvalue weighted by Crippen LogP contribution is -2.44. The van der Waals surface area contributed by atoms with E-state index < -0.39 is 22.5 Å². The first-order valence-corrected chi connectivity index (χ1v) is 8.16. The molecule has 0 fully saturated rings. The average molecular weight is 321 g/mol. The van der Waals surface area contributed by atoms with Gasteiger partial charge in [-0.05, 0) is 30.2 Å². The van der Waals surface area contributed by atoms with Crippen LogP contribution in [0.15, 0.2) is 29.2 Å². The maximum atomic E-state index is 12.7. The van der Waals surface area contributed by atoms with E-state index in [2.05, 4.69) is 5.32 Å². The van der Waals surface area contributed by atoms with Crippen molar-refractivity contribution < 1.29 is 17.4 Å². The second kappa shape index (κ2) is 6.92. The summed E-state index contributed by atoms with van der Waals surface area (Å²) in [6.07, 6.45) is -4.41. The minimum atomic E-state index is -4.41. The number of benzene rings is 1. The van der Waals surface area contributed by atoms with Crippen LogP contribution in [0.4, 0.5) is 13.2 Å². The van der Waals surface area contributed by atoms with Crippen LogP contribution < -0.4 is 5.32 Å². The van der Waals surface area contributed by atoms with Crippen LogP contribution in [-0.2, 0) is 17.0 Å². The molecule has 0 aliphatic rings. The van der Waals surface area contributed by atoms with E-state index in [4.69, 9.17) is 0 Å². The highest BCUT2D eigenvalue weighted by atomic mass is 32.2. The SMILES string of the molecule is CCNC(CS(=O)c1cccc(C(F)(F)F)c1)C(C)(C)C. The highest BCUT2D eigenvalue weighted by molar-refractivity contribution is 7.85. The number of alkyl halides is 3. The summed E-state index contributed by atoms with van der Waals surface area (Å²) in [6.45, 7) is 8.73. The van der Waals surface area contributed by atoms with Crippen LogP contribution in [0.1, 0.15) is 33.3 Å². The standard InChI is InChI=1S/C15H22F3NOS/c1-5-19-13(14(2,3)4)10-21(20)12-8-6-7-11(9-12)15(16,17)18/h6-9,13,19H,5,10H2,1-4H3. The second-order valence-corrected chi connectivity index (χ2v) is 7.51. The molecule has 1 aromatic carbocycles. The van der Waals surface area contributed by atoms with Crippen molar-refractivity contribution in [2.24, 2.45) is 5.41 Å². The molecule has 0 aromatic heterocycles. The van der Waals surface area contributed by atoms with Gasteiger partial charge in [0.2, 0.25) is 0 Å². The van der Waals surface area contributed by atoms with E-state index in [-0.39, 0.29) is 16.4 Å². The fourth-order valence-corrected chi connectivity index (χ4v) is 3.52. The van der Waals surface area contributed by atoms with Crippen molar-refractivity contribution in [2.75, 3.05) is 12.3 Å². The van der Waals surface area contributed by atoms with Gasteiger partial charge in [0.05, 0.1) is 16.4 Å². The third-order valence-corrected chi connectivity index (χ3v) is 4.65. The van der Waals surface area contributed by atoms with Gasteiger partial charge in [-0.25, -0.2) is 0 Å². The number of hydrogen-bond acceptors (Lipinski definition) is 2. The quantitative estimate of drug-likeness (QED) is 0.893. The summed E-state index contributed by atoms with van der Waals surface area (Å²) >= 11 is 0. The van der Waals surface area contributed by atoms with Crippen LogP contribution >= 0.6 is 0 Å². The monoisotopic (exact) mass is 321 g/mol. The predicted octanol–water partition coefficient (Wildman–Crippen LogP) is 3.84. The third-order valence-electron chi connectivity index (χ3n) is 3.24. The normalized spacial score (nSPS) is 15.8. The maximum Gasteiger partial charge on any atom is 0.416 e. The molecule has 0 spiro atoms. The number of rotatable bonds is 5. The smallest absolute Gasteiger partial charge is 0.313 e. The Morgan fingerprint density at radius 3 is 2.33 bits per heavy atom. The first kappa shape index (κ1) is 18.2. The number of hydrogen-bond donors (Lipinski definition) is 1. The molecule has 0 aliphatic heterocycles. The van der Waals surface area contributed by atoms with E-state index in [1.807, 2.05) is 27.7 Å². The Labute approximate surface area is 126 Å². The molecule has 6 heteroatoms. The Bertz CT molecular complexity index is 494. The molecule has 0 saturated heterocycles. The summed E-state index contributed by atoms with van der Waals surface area (Å²) in [5, 5.41) is 3.25. The van der Waals surface area contributed by atoms with Gasteiger partial charge < -0.3 is 5.32 Å². The zero-order valence-corrected chi connectivity index (χ0v) is 13.6. The van der Waals surface area contributed by atoms with Gasteiger partial charge in [-0.1, -0.05) is 33.8 Å². The van der Waals surface area contributed by atoms with Gasteiger partial charge in [-0.3, -0.25) is 4.21 Å². The lowest BCUT2D eigenvalue weighted by molar-refractivity contribution is -0.137.